The first-order valence-corrected chi connectivity index (χ1v) is 9.82. The van der Waals surface area contributed by atoms with Crippen LogP contribution in [0.4, 0.5) is 5.69 Å². The van der Waals surface area contributed by atoms with Gasteiger partial charge in [0.05, 0.1) is 16.3 Å². The van der Waals surface area contributed by atoms with Crippen LogP contribution in [0.15, 0.2) is 17.0 Å². The molecule has 8 heteroatoms. The Balaban J connectivity index is 2.18. The van der Waals surface area contributed by atoms with E-state index in [0.29, 0.717) is 12.6 Å². The van der Waals surface area contributed by atoms with E-state index in [2.05, 4.69) is 17.1 Å². The summed E-state index contributed by atoms with van der Waals surface area (Å²) >= 11 is 0. The molecule has 0 bridgehead atoms. The molecule has 1 unspecified atom stereocenters. The molecular formula is C16H25N3O4S. The highest BCUT2D eigenvalue weighted by Gasteiger charge is 2.25. The maximum atomic E-state index is 12.4. The number of phenols is 1. The Morgan fingerprint density at radius 2 is 2.12 bits per heavy atom. The van der Waals surface area contributed by atoms with Gasteiger partial charge in [0.25, 0.3) is 5.91 Å². The van der Waals surface area contributed by atoms with Gasteiger partial charge in [0.2, 0.25) is 0 Å². The number of nitrogens with zero attached hydrogens (tertiary/aromatic N) is 1. The van der Waals surface area contributed by atoms with Crippen LogP contribution in [-0.2, 0) is 9.84 Å². The van der Waals surface area contributed by atoms with Crippen molar-refractivity contribution in [1.82, 2.24) is 10.2 Å². The zero-order valence-corrected chi connectivity index (χ0v) is 14.9. The molecule has 134 valence electrons. The second-order valence-electron chi connectivity index (χ2n) is 5.95. The number of amides is 1. The number of nitrogens with two attached hydrogens (primary N) is 1. The summed E-state index contributed by atoms with van der Waals surface area (Å²) < 4.78 is 24.1. The minimum atomic E-state index is -3.62. The highest BCUT2D eigenvalue weighted by molar-refractivity contribution is 7.91. The third kappa shape index (κ3) is 3.81. The Labute approximate surface area is 142 Å². The van der Waals surface area contributed by atoms with Crippen LogP contribution in [-0.4, -0.2) is 55.8 Å². The summed E-state index contributed by atoms with van der Waals surface area (Å²) in [6.45, 7) is 6.02. The van der Waals surface area contributed by atoms with Gasteiger partial charge >= 0.3 is 0 Å². The van der Waals surface area contributed by atoms with E-state index < -0.39 is 21.5 Å². The fourth-order valence-electron chi connectivity index (χ4n) is 3.01. The SMILES string of the molecule is CCN1CCCC1CNC(=O)c1cc(O)c(N)c(S(=O)(=O)CC)c1. The summed E-state index contributed by atoms with van der Waals surface area (Å²) in [5, 5.41) is 12.7. The van der Waals surface area contributed by atoms with Crippen molar-refractivity contribution in [3.05, 3.63) is 17.7 Å². The van der Waals surface area contributed by atoms with E-state index in [1.165, 1.54) is 19.1 Å². The molecule has 1 fully saturated rings. The number of carbonyl (C=O) groups excluding carboxylic acids is 1. The van der Waals surface area contributed by atoms with Crippen LogP contribution in [0, 0.1) is 0 Å². The average molecular weight is 355 g/mol. The molecule has 1 aliphatic heterocycles. The van der Waals surface area contributed by atoms with Gasteiger partial charge in [0, 0.05) is 18.2 Å². The van der Waals surface area contributed by atoms with Crippen LogP contribution in [0.2, 0.25) is 0 Å². The number of nitrogens with one attached hydrogen (secondary N) is 1. The Kier molecular flexibility index (Phi) is 5.71. The molecule has 4 N–H and O–H groups in total. The molecule has 0 radical (unpaired) electrons. The first-order valence-electron chi connectivity index (χ1n) is 8.17. The number of nitrogen functional groups attached to an aromatic ring is 1. The van der Waals surface area contributed by atoms with Gasteiger partial charge in [-0.3, -0.25) is 9.69 Å². The molecule has 7 nitrogen and oxygen atoms in total. The van der Waals surface area contributed by atoms with Crippen molar-refractivity contribution in [2.24, 2.45) is 0 Å². The van der Waals surface area contributed by atoms with Crippen molar-refractivity contribution in [3.63, 3.8) is 0 Å². The monoisotopic (exact) mass is 355 g/mol. The highest BCUT2D eigenvalue weighted by atomic mass is 32.2. The lowest BCUT2D eigenvalue weighted by molar-refractivity contribution is 0.0941. The predicted molar refractivity (Wildman–Crippen MR) is 92.8 cm³/mol. The van der Waals surface area contributed by atoms with Crippen molar-refractivity contribution < 1.29 is 18.3 Å². The quantitative estimate of drug-likeness (QED) is 0.518. The number of likely N-dealkylation sites (N-methyl/N-ethyl adjacent to an activating group) is 1. The molecule has 1 amide bonds. The Hall–Kier alpha value is -1.80. The van der Waals surface area contributed by atoms with E-state index in [1.807, 2.05) is 0 Å². The zero-order valence-electron chi connectivity index (χ0n) is 14.1. The van der Waals surface area contributed by atoms with Gasteiger partial charge in [-0.05, 0) is 38.1 Å². The fraction of sp³-hybridized carbons (Fsp3) is 0.562. The number of sulfone groups is 1. The van der Waals surface area contributed by atoms with Crippen LogP contribution in [0.5, 0.6) is 5.75 Å². The second-order valence-corrected chi connectivity index (χ2v) is 8.19. The molecule has 1 saturated heterocycles. The Morgan fingerprint density at radius 1 is 1.42 bits per heavy atom. The molecule has 0 saturated carbocycles. The summed E-state index contributed by atoms with van der Waals surface area (Å²) in [6.07, 6.45) is 2.13. The number of benzene rings is 1. The lowest BCUT2D eigenvalue weighted by Gasteiger charge is -2.23. The average Bonchev–Trinajstić information content (AvgIpc) is 3.02. The van der Waals surface area contributed by atoms with Gasteiger partial charge < -0.3 is 16.2 Å². The van der Waals surface area contributed by atoms with E-state index in [4.69, 9.17) is 5.73 Å². The Morgan fingerprint density at radius 3 is 2.75 bits per heavy atom. The van der Waals surface area contributed by atoms with E-state index >= 15 is 0 Å². The summed E-state index contributed by atoms with van der Waals surface area (Å²) in [4.78, 5) is 14.4. The topological polar surface area (TPSA) is 113 Å². The number of likely N-dealkylation sites (tertiary alicyclic amines) is 1. The van der Waals surface area contributed by atoms with Gasteiger partial charge in [-0.15, -0.1) is 0 Å². The van der Waals surface area contributed by atoms with Crippen molar-refractivity contribution in [2.75, 3.05) is 31.1 Å². The summed E-state index contributed by atoms with van der Waals surface area (Å²) in [7, 11) is -3.62. The van der Waals surface area contributed by atoms with Gasteiger partial charge in [-0.25, -0.2) is 8.42 Å². The summed E-state index contributed by atoms with van der Waals surface area (Å²) in [5.41, 5.74) is 5.53. The number of phenolic OH excluding ortho intramolecular Hbond substituents is 1. The smallest absolute Gasteiger partial charge is 0.251 e. The van der Waals surface area contributed by atoms with Crippen molar-refractivity contribution in [1.29, 1.82) is 0 Å². The lowest BCUT2D eigenvalue weighted by Crippen LogP contribution is -2.40. The fourth-order valence-corrected chi connectivity index (χ4v) is 4.07. The number of rotatable bonds is 6. The van der Waals surface area contributed by atoms with Crippen LogP contribution in [0.25, 0.3) is 0 Å². The van der Waals surface area contributed by atoms with Crippen LogP contribution in [0.3, 0.4) is 0 Å². The predicted octanol–water partition coefficient (Wildman–Crippen LogP) is 0.982. The third-order valence-electron chi connectivity index (χ3n) is 4.50. The molecule has 1 atom stereocenters. The van der Waals surface area contributed by atoms with Gasteiger partial charge in [0.1, 0.15) is 5.75 Å². The van der Waals surface area contributed by atoms with Gasteiger partial charge in [0.15, 0.2) is 9.84 Å². The first kappa shape index (κ1) is 18.5. The zero-order chi connectivity index (χ0) is 17.9. The number of carbonyl (C=O) groups is 1. The van der Waals surface area contributed by atoms with E-state index in [-0.39, 0.29) is 21.9 Å². The molecule has 2 rings (SSSR count). The molecule has 1 heterocycles. The van der Waals surface area contributed by atoms with E-state index in [9.17, 15) is 18.3 Å². The third-order valence-corrected chi connectivity index (χ3v) is 6.27. The van der Waals surface area contributed by atoms with Crippen LogP contribution in [0.1, 0.15) is 37.0 Å². The summed E-state index contributed by atoms with van der Waals surface area (Å²) in [6, 6.07) is 2.72. The highest BCUT2D eigenvalue weighted by Crippen LogP contribution is 2.30. The number of anilines is 1. The minimum absolute atomic E-state index is 0.0924. The van der Waals surface area contributed by atoms with Gasteiger partial charge in [-0.2, -0.15) is 0 Å². The maximum absolute atomic E-state index is 12.4. The standard InChI is InChI=1S/C16H25N3O4S/c1-3-19-7-5-6-12(19)10-18-16(21)11-8-13(20)15(17)14(9-11)24(22,23)4-2/h8-9,12,20H,3-7,10,17H2,1-2H3,(H,18,21). The summed E-state index contributed by atoms with van der Waals surface area (Å²) in [5.74, 6) is -0.971. The second kappa shape index (κ2) is 7.40. The van der Waals surface area contributed by atoms with Crippen molar-refractivity contribution in [3.8, 4) is 5.75 Å². The molecular weight excluding hydrogens is 330 g/mol. The van der Waals surface area contributed by atoms with Crippen molar-refractivity contribution >= 4 is 21.4 Å². The lowest BCUT2D eigenvalue weighted by atomic mass is 10.1. The number of hydrogen-bond acceptors (Lipinski definition) is 6. The van der Waals surface area contributed by atoms with Crippen LogP contribution < -0.4 is 11.1 Å². The molecule has 24 heavy (non-hydrogen) atoms. The first-order chi connectivity index (χ1) is 11.3. The van der Waals surface area contributed by atoms with E-state index in [0.717, 1.165) is 25.9 Å². The molecule has 1 aromatic rings. The molecule has 0 spiro atoms. The normalized spacial score (nSPS) is 18.7. The van der Waals surface area contributed by atoms with Gasteiger partial charge in [-0.1, -0.05) is 13.8 Å². The maximum Gasteiger partial charge on any atom is 0.251 e. The number of hydrogen-bond donors (Lipinski definition) is 3. The molecule has 1 aliphatic rings. The molecule has 0 aliphatic carbocycles. The van der Waals surface area contributed by atoms with Crippen molar-refractivity contribution in [2.45, 2.75) is 37.6 Å². The largest absolute Gasteiger partial charge is 0.506 e. The number of aromatic hydroxyl groups is 1. The molecule has 1 aromatic carbocycles. The van der Waals surface area contributed by atoms with E-state index in [1.54, 1.807) is 0 Å². The molecule has 0 aromatic heterocycles. The Bertz CT molecular complexity index is 718. The minimum Gasteiger partial charge on any atom is -0.506 e. The van der Waals surface area contributed by atoms with Crippen LogP contribution >= 0.6 is 0 Å².